The fraction of sp³-hybridized carbons (Fsp3) is 0.550. The number of hydrogen-bond donors (Lipinski definition) is 2. The van der Waals surface area contributed by atoms with Crippen molar-refractivity contribution < 1.29 is 36.2 Å². The number of nitrogens with zero attached hydrogens (tertiary/aromatic N) is 3. The number of halogens is 5. The molecule has 0 spiro atoms. The second-order valence-electron chi connectivity index (χ2n) is 8.24. The predicted molar refractivity (Wildman–Crippen MR) is 106 cm³/mol. The Morgan fingerprint density at radius 3 is 2.79 bits per heavy atom. The van der Waals surface area contributed by atoms with E-state index in [4.69, 9.17) is 4.74 Å². The van der Waals surface area contributed by atoms with Gasteiger partial charge in [0.05, 0.1) is 11.6 Å². The Hall–Kier alpha value is -2.96. The zero-order valence-corrected chi connectivity index (χ0v) is 17.9. The van der Waals surface area contributed by atoms with Gasteiger partial charge in [-0.1, -0.05) is 0 Å². The molecule has 1 aliphatic heterocycles. The summed E-state index contributed by atoms with van der Waals surface area (Å²) in [4.78, 5) is 16.7. The molecule has 2 aromatic heterocycles. The highest BCUT2D eigenvalue weighted by molar-refractivity contribution is 5.82. The maximum Gasteiger partial charge on any atom is 0.573 e. The van der Waals surface area contributed by atoms with Crippen LogP contribution in [-0.4, -0.2) is 52.8 Å². The molecule has 1 aliphatic rings. The Bertz CT molecular complexity index is 950. The lowest BCUT2D eigenvalue weighted by atomic mass is 9.86. The van der Waals surface area contributed by atoms with Crippen LogP contribution in [0.25, 0.3) is 0 Å². The van der Waals surface area contributed by atoms with E-state index in [2.05, 4.69) is 25.5 Å². The highest BCUT2D eigenvalue weighted by Crippen LogP contribution is 2.31. The molecule has 8 nitrogen and oxygen atoms in total. The summed E-state index contributed by atoms with van der Waals surface area (Å²) in [7, 11) is 0. The quantitative estimate of drug-likeness (QED) is 0.568. The number of aromatic nitrogens is 3. The molecule has 3 heterocycles. The Labute approximate surface area is 186 Å². The molecule has 1 fully saturated rings. The van der Waals surface area contributed by atoms with Crippen molar-refractivity contribution >= 4 is 5.91 Å². The molecule has 0 aromatic carbocycles. The van der Waals surface area contributed by atoms with E-state index in [1.54, 1.807) is 13.8 Å². The van der Waals surface area contributed by atoms with Gasteiger partial charge in [0, 0.05) is 30.9 Å². The third-order valence-electron chi connectivity index (χ3n) is 5.19. The minimum absolute atomic E-state index is 0.275. The first-order valence-corrected chi connectivity index (χ1v) is 10.1. The molecule has 1 amide bonds. The van der Waals surface area contributed by atoms with Gasteiger partial charge in [-0.25, -0.2) is 9.67 Å². The minimum atomic E-state index is -4.92. The fourth-order valence-corrected chi connectivity index (χ4v) is 3.40. The lowest BCUT2D eigenvalue weighted by Gasteiger charge is -2.35. The van der Waals surface area contributed by atoms with E-state index in [1.165, 1.54) is 24.7 Å². The van der Waals surface area contributed by atoms with E-state index in [0.717, 1.165) is 6.07 Å². The van der Waals surface area contributed by atoms with Crippen LogP contribution in [0.3, 0.4) is 0 Å². The number of alkyl halides is 5. The highest BCUT2D eigenvalue weighted by Gasteiger charge is 2.36. The van der Waals surface area contributed by atoms with Gasteiger partial charge in [0.25, 0.3) is 5.88 Å². The van der Waals surface area contributed by atoms with Gasteiger partial charge in [-0.05, 0) is 44.5 Å². The van der Waals surface area contributed by atoms with Gasteiger partial charge >= 0.3 is 12.9 Å². The number of carbonyl (C=O) groups excluding carboxylic acids is 1. The number of rotatable bonds is 8. The van der Waals surface area contributed by atoms with Gasteiger partial charge in [0.2, 0.25) is 5.91 Å². The molecule has 2 N–H and O–H groups in total. The molecule has 0 bridgehead atoms. The van der Waals surface area contributed by atoms with Crippen LogP contribution < -0.4 is 20.1 Å². The van der Waals surface area contributed by atoms with Crippen molar-refractivity contribution in [1.82, 2.24) is 25.4 Å². The SMILES string of the molecule is CC(C)(COc1ncccc1OC(F)(F)F)C(=O)NC1CCNCC1c1cnn(C(F)F)c1. The number of pyridine rings is 1. The van der Waals surface area contributed by atoms with E-state index in [1.807, 2.05) is 0 Å². The van der Waals surface area contributed by atoms with Crippen molar-refractivity contribution in [3.63, 3.8) is 0 Å². The van der Waals surface area contributed by atoms with Crippen LogP contribution in [0.5, 0.6) is 11.6 Å². The maximum atomic E-state index is 13.0. The third kappa shape index (κ3) is 6.53. The number of hydrogen-bond acceptors (Lipinski definition) is 6. The molecular formula is C20H24F5N5O3. The first-order valence-electron chi connectivity index (χ1n) is 10.1. The zero-order chi connectivity index (χ0) is 24.2. The van der Waals surface area contributed by atoms with Gasteiger partial charge in [0.15, 0.2) is 5.75 Å². The second-order valence-corrected chi connectivity index (χ2v) is 8.24. The largest absolute Gasteiger partial charge is 0.573 e. The van der Waals surface area contributed by atoms with Crippen molar-refractivity contribution in [1.29, 1.82) is 0 Å². The molecule has 2 aromatic rings. The van der Waals surface area contributed by atoms with E-state index in [-0.39, 0.29) is 18.6 Å². The van der Waals surface area contributed by atoms with E-state index in [0.29, 0.717) is 29.8 Å². The highest BCUT2D eigenvalue weighted by atomic mass is 19.4. The van der Waals surface area contributed by atoms with Crippen molar-refractivity contribution in [2.45, 2.75) is 45.1 Å². The first-order chi connectivity index (χ1) is 15.5. The van der Waals surface area contributed by atoms with Crippen molar-refractivity contribution in [3.05, 3.63) is 36.3 Å². The smallest absolute Gasteiger partial charge is 0.474 e. The summed E-state index contributed by atoms with van der Waals surface area (Å²) >= 11 is 0. The van der Waals surface area contributed by atoms with Gasteiger partial charge in [-0.3, -0.25) is 4.79 Å². The normalized spacial score (nSPS) is 19.4. The van der Waals surface area contributed by atoms with Crippen LogP contribution in [0.2, 0.25) is 0 Å². The maximum absolute atomic E-state index is 13.0. The number of amides is 1. The molecule has 0 radical (unpaired) electrons. The molecule has 2 unspecified atom stereocenters. The number of ether oxygens (including phenoxy) is 2. The van der Waals surface area contributed by atoms with Crippen molar-refractivity contribution in [2.75, 3.05) is 19.7 Å². The Morgan fingerprint density at radius 1 is 1.36 bits per heavy atom. The summed E-state index contributed by atoms with van der Waals surface area (Å²) in [6, 6.07) is 1.97. The van der Waals surface area contributed by atoms with Crippen molar-refractivity contribution in [2.24, 2.45) is 5.41 Å². The molecule has 2 atom stereocenters. The monoisotopic (exact) mass is 477 g/mol. The molecule has 1 saturated heterocycles. The van der Waals surface area contributed by atoms with Gasteiger partial charge < -0.3 is 20.1 Å². The molecule has 182 valence electrons. The average molecular weight is 477 g/mol. The number of piperidine rings is 1. The lowest BCUT2D eigenvalue weighted by molar-refractivity contribution is -0.275. The third-order valence-corrected chi connectivity index (χ3v) is 5.19. The number of carbonyl (C=O) groups is 1. The van der Waals surface area contributed by atoms with Gasteiger partial charge in [0.1, 0.15) is 6.61 Å². The van der Waals surface area contributed by atoms with E-state index < -0.39 is 35.9 Å². The standard InChI is InChI=1S/C20H24F5N5O3/c1-19(2,11-32-16-15(4-3-6-27-16)33-20(23,24)25)17(31)29-14-5-7-26-9-13(14)12-8-28-30(10-12)18(21)22/h3-4,6,8,10,13-14,18,26H,5,7,9,11H2,1-2H3,(H,29,31). The Kier molecular flexibility index (Phi) is 7.40. The minimum Gasteiger partial charge on any atom is -0.474 e. The summed E-state index contributed by atoms with van der Waals surface area (Å²) in [5.74, 6) is -1.70. The second kappa shape index (κ2) is 9.89. The van der Waals surface area contributed by atoms with Gasteiger partial charge in [-0.15, -0.1) is 13.2 Å². The number of nitrogens with one attached hydrogen (secondary N) is 2. The summed E-state index contributed by atoms with van der Waals surface area (Å²) in [6.45, 7) is 1.18. The Balaban J connectivity index is 1.66. The molecule has 0 saturated carbocycles. The van der Waals surface area contributed by atoms with Crippen LogP contribution in [0.4, 0.5) is 22.0 Å². The predicted octanol–water partition coefficient (Wildman–Crippen LogP) is 3.24. The molecule has 33 heavy (non-hydrogen) atoms. The summed E-state index contributed by atoms with van der Waals surface area (Å²) < 4.78 is 73.4. The van der Waals surface area contributed by atoms with Crippen LogP contribution in [0.15, 0.2) is 30.7 Å². The van der Waals surface area contributed by atoms with E-state index >= 15 is 0 Å². The van der Waals surface area contributed by atoms with Crippen molar-refractivity contribution in [3.8, 4) is 11.6 Å². The van der Waals surface area contributed by atoms with Crippen LogP contribution >= 0.6 is 0 Å². The van der Waals surface area contributed by atoms with Gasteiger partial charge in [-0.2, -0.15) is 13.9 Å². The average Bonchev–Trinajstić information content (AvgIpc) is 3.23. The molecule has 13 heteroatoms. The Morgan fingerprint density at radius 2 is 2.12 bits per heavy atom. The lowest BCUT2D eigenvalue weighted by Crippen LogP contribution is -2.52. The van der Waals surface area contributed by atoms with Crippen LogP contribution in [-0.2, 0) is 4.79 Å². The first kappa shape index (κ1) is 24.7. The topological polar surface area (TPSA) is 90.3 Å². The fourth-order valence-electron chi connectivity index (χ4n) is 3.40. The summed E-state index contributed by atoms with van der Waals surface area (Å²) in [6.07, 6.45) is -0.530. The molecule has 3 rings (SSSR count). The van der Waals surface area contributed by atoms with Crippen LogP contribution in [0, 0.1) is 5.41 Å². The zero-order valence-electron chi connectivity index (χ0n) is 17.9. The molecular weight excluding hydrogens is 453 g/mol. The summed E-state index contributed by atoms with van der Waals surface area (Å²) in [5.41, 5.74) is -0.584. The summed E-state index contributed by atoms with van der Waals surface area (Å²) in [5, 5.41) is 9.75. The molecule has 0 aliphatic carbocycles. The van der Waals surface area contributed by atoms with E-state index in [9.17, 15) is 26.7 Å². The van der Waals surface area contributed by atoms with Crippen LogP contribution in [0.1, 0.15) is 38.3 Å².